The Morgan fingerprint density at radius 2 is 2.21 bits per heavy atom. The molecule has 19 heavy (non-hydrogen) atoms. The van der Waals surface area contributed by atoms with Crippen molar-refractivity contribution in [3.8, 4) is 0 Å². The number of likely N-dealkylation sites (tertiary alicyclic amines) is 1. The van der Waals surface area contributed by atoms with Gasteiger partial charge in [0.05, 0.1) is 6.61 Å². The van der Waals surface area contributed by atoms with Gasteiger partial charge in [-0.15, -0.1) is 0 Å². The molecule has 1 N–H and O–H groups in total. The lowest BCUT2D eigenvalue weighted by molar-refractivity contribution is -0.151. The predicted octanol–water partition coefficient (Wildman–Crippen LogP) is 0.306. The molecule has 110 valence electrons. The Hall–Kier alpha value is -0.650. The van der Waals surface area contributed by atoms with E-state index in [4.69, 9.17) is 4.74 Å². The van der Waals surface area contributed by atoms with Gasteiger partial charge in [-0.1, -0.05) is 0 Å². The number of carbonyl (C=O) groups excluding carboxylic acids is 1. The number of piperazine rings is 1. The van der Waals surface area contributed by atoms with Gasteiger partial charge >= 0.3 is 5.97 Å². The molecule has 2 atom stereocenters. The van der Waals surface area contributed by atoms with Crippen LogP contribution in [0.1, 0.15) is 27.2 Å². The highest BCUT2D eigenvalue weighted by Crippen LogP contribution is 2.21. The first-order chi connectivity index (χ1) is 9.13. The molecule has 2 unspecified atom stereocenters. The third kappa shape index (κ3) is 3.46. The minimum atomic E-state index is -0.106. The zero-order valence-electron chi connectivity index (χ0n) is 12.4. The Morgan fingerprint density at radius 1 is 1.42 bits per heavy atom. The van der Waals surface area contributed by atoms with Crippen LogP contribution in [-0.2, 0) is 9.53 Å². The summed E-state index contributed by atoms with van der Waals surface area (Å²) in [4.78, 5) is 16.9. The fourth-order valence-electron chi connectivity index (χ4n) is 3.12. The third-order valence-electron chi connectivity index (χ3n) is 4.24. The molecule has 2 fully saturated rings. The van der Waals surface area contributed by atoms with Gasteiger partial charge in [0.25, 0.3) is 0 Å². The average Bonchev–Trinajstić information content (AvgIpc) is 2.88. The van der Waals surface area contributed by atoms with Crippen molar-refractivity contribution in [1.29, 1.82) is 0 Å². The van der Waals surface area contributed by atoms with Gasteiger partial charge in [0.15, 0.2) is 0 Å². The van der Waals surface area contributed by atoms with Crippen molar-refractivity contribution < 1.29 is 9.53 Å². The van der Waals surface area contributed by atoms with Crippen LogP contribution in [0.15, 0.2) is 0 Å². The molecule has 2 aliphatic heterocycles. The summed E-state index contributed by atoms with van der Waals surface area (Å²) in [5.74, 6) is -0.0716. The lowest BCUT2D eigenvalue weighted by Gasteiger charge is -2.38. The second kappa shape index (κ2) is 6.68. The molecule has 0 bridgehead atoms. The van der Waals surface area contributed by atoms with E-state index in [2.05, 4.69) is 29.0 Å². The molecular formula is C14H27N3O2. The van der Waals surface area contributed by atoms with Crippen LogP contribution in [0.4, 0.5) is 0 Å². The van der Waals surface area contributed by atoms with Gasteiger partial charge < -0.3 is 10.1 Å². The Kier molecular flexibility index (Phi) is 5.19. The van der Waals surface area contributed by atoms with E-state index in [0.717, 1.165) is 39.1 Å². The summed E-state index contributed by atoms with van der Waals surface area (Å²) in [7, 11) is 0. The molecule has 2 saturated heterocycles. The molecule has 5 heteroatoms. The Labute approximate surface area is 116 Å². The summed E-state index contributed by atoms with van der Waals surface area (Å²) in [5, 5.41) is 3.31. The lowest BCUT2D eigenvalue weighted by atomic mass is 10.1. The molecule has 5 nitrogen and oxygen atoms in total. The number of ether oxygens (including phenoxy) is 1. The monoisotopic (exact) mass is 269 g/mol. The maximum Gasteiger partial charge on any atom is 0.324 e. The maximum absolute atomic E-state index is 12.1. The molecule has 0 aromatic carbocycles. The third-order valence-corrected chi connectivity index (χ3v) is 4.24. The van der Waals surface area contributed by atoms with Crippen molar-refractivity contribution in [2.75, 3.05) is 39.3 Å². The van der Waals surface area contributed by atoms with Crippen LogP contribution < -0.4 is 5.32 Å². The van der Waals surface area contributed by atoms with Gasteiger partial charge in [0, 0.05) is 44.8 Å². The van der Waals surface area contributed by atoms with Gasteiger partial charge in [-0.05, 0) is 27.2 Å². The van der Waals surface area contributed by atoms with Gasteiger partial charge in [0.1, 0.15) is 6.04 Å². The Morgan fingerprint density at radius 3 is 2.84 bits per heavy atom. The smallest absolute Gasteiger partial charge is 0.324 e. The fourth-order valence-corrected chi connectivity index (χ4v) is 3.12. The summed E-state index contributed by atoms with van der Waals surface area (Å²) in [6.07, 6.45) is 1.16. The first kappa shape index (κ1) is 14.8. The summed E-state index contributed by atoms with van der Waals surface area (Å²) in [6, 6.07) is 0.985. The number of hydrogen-bond acceptors (Lipinski definition) is 5. The second-order valence-electron chi connectivity index (χ2n) is 5.74. The zero-order valence-corrected chi connectivity index (χ0v) is 12.4. The lowest BCUT2D eigenvalue weighted by Crippen LogP contribution is -2.59. The summed E-state index contributed by atoms with van der Waals surface area (Å²) >= 11 is 0. The Balaban J connectivity index is 1.98. The van der Waals surface area contributed by atoms with Gasteiger partial charge in [-0.3, -0.25) is 14.6 Å². The number of nitrogens with zero attached hydrogens (tertiary/aromatic N) is 2. The first-order valence-corrected chi connectivity index (χ1v) is 7.50. The number of esters is 1. The van der Waals surface area contributed by atoms with Crippen LogP contribution >= 0.6 is 0 Å². The van der Waals surface area contributed by atoms with Crippen LogP contribution in [-0.4, -0.2) is 73.2 Å². The van der Waals surface area contributed by atoms with Crippen molar-refractivity contribution >= 4 is 5.97 Å². The van der Waals surface area contributed by atoms with Crippen molar-refractivity contribution in [2.24, 2.45) is 0 Å². The van der Waals surface area contributed by atoms with Crippen molar-refractivity contribution in [1.82, 2.24) is 15.1 Å². The molecule has 0 saturated carbocycles. The fraction of sp³-hybridized carbons (Fsp3) is 0.929. The summed E-state index contributed by atoms with van der Waals surface area (Å²) < 4.78 is 5.21. The van der Waals surface area contributed by atoms with Crippen molar-refractivity contribution in [3.63, 3.8) is 0 Å². The summed E-state index contributed by atoms with van der Waals surface area (Å²) in [6.45, 7) is 11.7. The van der Waals surface area contributed by atoms with E-state index >= 15 is 0 Å². The quantitative estimate of drug-likeness (QED) is 0.744. The van der Waals surface area contributed by atoms with E-state index in [1.54, 1.807) is 0 Å². The van der Waals surface area contributed by atoms with Crippen LogP contribution in [0.25, 0.3) is 0 Å². The van der Waals surface area contributed by atoms with Crippen LogP contribution in [0.5, 0.6) is 0 Å². The van der Waals surface area contributed by atoms with Gasteiger partial charge in [-0.2, -0.15) is 0 Å². The molecule has 0 aliphatic carbocycles. The van der Waals surface area contributed by atoms with Crippen LogP contribution in [0, 0.1) is 0 Å². The predicted molar refractivity (Wildman–Crippen MR) is 75.1 cm³/mol. The van der Waals surface area contributed by atoms with Gasteiger partial charge in [0.2, 0.25) is 0 Å². The van der Waals surface area contributed by atoms with Crippen LogP contribution in [0.2, 0.25) is 0 Å². The minimum Gasteiger partial charge on any atom is -0.465 e. The first-order valence-electron chi connectivity index (χ1n) is 7.50. The van der Waals surface area contributed by atoms with Crippen molar-refractivity contribution in [2.45, 2.75) is 45.3 Å². The normalized spacial score (nSPS) is 29.9. The van der Waals surface area contributed by atoms with Crippen LogP contribution in [0.3, 0.4) is 0 Å². The van der Waals surface area contributed by atoms with Gasteiger partial charge in [-0.25, -0.2) is 0 Å². The molecule has 2 aliphatic rings. The number of rotatable bonds is 4. The SMILES string of the molecule is CCOC(=O)C1CNCCN1C1CCN(C(C)C)C1. The van der Waals surface area contributed by atoms with E-state index < -0.39 is 0 Å². The van der Waals surface area contributed by atoms with E-state index in [-0.39, 0.29) is 12.0 Å². The maximum atomic E-state index is 12.1. The minimum absolute atomic E-state index is 0.0716. The number of hydrogen-bond donors (Lipinski definition) is 1. The molecule has 2 rings (SSSR count). The highest BCUT2D eigenvalue weighted by atomic mass is 16.5. The van der Waals surface area contributed by atoms with E-state index in [1.807, 2.05) is 6.92 Å². The Bertz CT molecular complexity index is 309. The number of carbonyl (C=O) groups is 1. The molecule has 0 spiro atoms. The number of nitrogens with one attached hydrogen (secondary N) is 1. The topological polar surface area (TPSA) is 44.8 Å². The summed E-state index contributed by atoms with van der Waals surface area (Å²) in [5.41, 5.74) is 0. The van der Waals surface area contributed by atoms with E-state index in [9.17, 15) is 4.79 Å². The zero-order chi connectivity index (χ0) is 13.8. The molecule has 0 radical (unpaired) electrons. The highest BCUT2D eigenvalue weighted by Gasteiger charge is 2.37. The average molecular weight is 269 g/mol. The van der Waals surface area contributed by atoms with E-state index in [0.29, 0.717) is 18.7 Å². The molecule has 0 amide bonds. The molecule has 0 aromatic heterocycles. The van der Waals surface area contributed by atoms with Crippen molar-refractivity contribution in [3.05, 3.63) is 0 Å². The largest absolute Gasteiger partial charge is 0.465 e. The van der Waals surface area contributed by atoms with E-state index in [1.165, 1.54) is 0 Å². The standard InChI is InChI=1S/C14H27N3O2/c1-4-19-14(18)13-9-15-6-8-17(13)12-5-7-16(10-12)11(2)3/h11-13,15H,4-10H2,1-3H3. The molecule has 2 heterocycles. The molecular weight excluding hydrogens is 242 g/mol. The second-order valence-corrected chi connectivity index (χ2v) is 5.74. The highest BCUT2D eigenvalue weighted by molar-refractivity contribution is 5.76. The molecule has 0 aromatic rings.